The van der Waals surface area contributed by atoms with Crippen LogP contribution in [0.4, 0.5) is 11.5 Å². The monoisotopic (exact) mass is 291 g/mol. The summed E-state index contributed by atoms with van der Waals surface area (Å²) < 4.78 is 0. The summed E-state index contributed by atoms with van der Waals surface area (Å²) in [6, 6.07) is 2.60. The largest absolute Gasteiger partial charge is 0.480 e. The van der Waals surface area contributed by atoms with Gasteiger partial charge in [0, 0.05) is 12.1 Å². The van der Waals surface area contributed by atoms with Crippen molar-refractivity contribution < 1.29 is 14.8 Å². The topological polar surface area (TPSA) is 96.6 Å². The van der Waals surface area contributed by atoms with E-state index in [1.807, 2.05) is 4.90 Å². The van der Waals surface area contributed by atoms with E-state index in [4.69, 9.17) is 0 Å². The summed E-state index contributed by atoms with van der Waals surface area (Å²) in [5.74, 6) is -0.650. The number of fused-ring (bicyclic) bond motifs is 1. The van der Waals surface area contributed by atoms with Gasteiger partial charge >= 0.3 is 11.8 Å². The number of anilines is 1. The summed E-state index contributed by atoms with van der Waals surface area (Å²) in [6.07, 6.45) is 6.36. The fourth-order valence-electron chi connectivity index (χ4n) is 3.69. The molecule has 1 saturated heterocycles. The molecule has 3 atom stereocenters. The van der Waals surface area contributed by atoms with Gasteiger partial charge in [0.25, 0.3) is 0 Å². The van der Waals surface area contributed by atoms with Crippen molar-refractivity contribution in [3.63, 3.8) is 0 Å². The molecule has 112 valence electrons. The lowest BCUT2D eigenvalue weighted by molar-refractivity contribution is -0.389. The molecular formula is C14H17N3O4. The van der Waals surface area contributed by atoms with Gasteiger partial charge in [0.2, 0.25) is 0 Å². The lowest BCUT2D eigenvalue weighted by Gasteiger charge is -2.33. The van der Waals surface area contributed by atoms with E-state index < -0.39 is 16.9 Å². The maximum Gasteiger partial charge on any atom is 0.363 e. The van der Waals surface area contributed by atoms with E-state index in [1.165, 1.54) is 12.3 Å². The average molecular weight is 291 g/mol. The second kappa shape index (κ2) is 5.31. The number of hydrogen-bond acceptors (Lipinski definition) is 5. The molecule has 21 heavy (non-hydrogen) atoms. The Kier molecular flexibility index (Phi) is 3.48. The zero-order chi connectivity index (χ0) is 15.0. The Morgan fingerprint density at radius 3 is 2.76 bits per heavy atom. The van der Waals surface area contributed by atoms with E-state index in [2.05, 4.69) is 4.98 Å². The first-order chi connectivity index (χ1) is 10.1. The molecule has 7 heteroatoms. The van der Waals surface area contributed by atoms with Gasteiger partial charge < -0.3 is 20.1 Å². The Hall–Kier alpha value is -2.18. The highest BCUT2D eigenvalue weighted by atomic mass is 16.6. The van der Waals surface area contributed by atoms with Crippen LogP contribution in [-0.2, 0) is 4.79 Å². The Labute approximate surface area is 121 Å². The normalized spacial score (nSPS) is 28.2. The van der Waals surface area contributed by atoms with E-state index in [0.717, 1.165) is 25.7 Å². The molecule has 2 fully saturated rings. The van der Waals surface area contributed by atoms with Crippen LogP contribution in [0.5, 0.6) is 0 Å². The number of aliphatic carboxylic acids is 1. The smallest absolute Gasteiger partial charge is 0.363 e. The number of pyridine rings is 1. The van der Waals surface area contributed by atoms with Gasteiger partial charge in [0.15, 0.2) is 6.20 Å². The molecule has 1 aliphatic carbocycles. The lowest BCUT2D eigenvalue weighted by atomic mass is 9.84. The third-order valence-corrected chi connectivity index (χ3v) is 4.59. The number of carboxylic acids is 1. The average Bonchev–Trinajstić information content (AvgIpc) is 2.87. The van der Waals surface area contributed by atoms with Crippen molar-refractivity contribution >= 4 is 17.5 Å². The minimum atomic E-state index is -0.831. The predicted molar refractivity (Wildman–Crippen MR) is 75.2 cm³/mol. The SMILES string of the molecule is O=C(O)C1CC2CCCCC2N1c1ccc([N+](=O)[O-])nc1. The van der Waals surface area contributed by atoms with Crippen LogP contribution < -0.4 is 4.90 Å². The van der Waals surface area contributed by atoms with E-state index in [1.54, 1.807) is 6.07 Å². The Morgan fingerprint density at radius 2 is 2.14 bits per heavy atom. The van der Waals surface area contributed by atoms with Crippen LogP contribution in [-0.4, -0.2) is 33.1 Å². The van der Waals surface area contributed by atoms with Gasteiger partial charge in [-0.15, -0.1) is 0 Å². The third kappa shape index (κ3) is 2.43. The van der Waals surface area contributed by atoms with Crippen molar-refractivity contribution in [1.82, 2.24) is 4.98 Å². The summed E-state index contributed by atoms with van der Waals surface area (Å²) >= 11 is 0. The minimum absolute atomic E-state index is 0.211. The Bertz CT molecular complexity index is 560. The number of carbonyl (C=O) groups is 1. The molecule has 2 heterocycles. The molecule has 0 radical (unpaired) electrons. The summed E-state index contributed by atoms with van der Waals surface area (Å²) in [4.78, 5) is 27.4. The van der Waals surface area contributed by atoms with Crippen molar-refractivity contribution in [2.75, 3.05) is 4.90 Å². The molecule has 7 nitrogen and oxygen atoms in total. The van der Waals surface area contributed by atoms with Gasteiger partial charge in [-0.05, 0) is 41.2 Å². The standard InChI is InChI=1S/C14H17N3O4/c18-14(19)12-7-9-3-1-2-4-11(9)16(12)10-5-6-13(15-8-10)17(20)21/h5-6,8-9,11-12H,1-4,7H2,(H,18,19). The van der Waals surface area contributed by atoms with Crippen LogP contribution >= 0.6 is 0 Å². The van der Waals surface area contributed by atoms with Gasteiger partial charge in [0.1, 0.15) is 6.04 Å². The van der Waals surface area contributed by atoms with Gasteiger partial charge in [-0.3, -0.25) is 0 Å². The highest BCUT2D eigenvalue weighted by Gasteiger charge is 2.45. The van der Waals surface area contributed by atoms with Gasteiger partial charge in [-0.1, -0.05) is 12.8 Å². The first-order valence-electron chi connectivity index (χ1n) is 7.19. The maximum absolute atomic E-state index is 11.5. The Balaban J connectivity index is 1.92. The van der Waals surface area contributed by atoms with Crippen LogP contribution in [0.3, 0.4) is 0 Å². The van der Waals surface area contributed by atoms with Crippen molar-refractivity contribution in [1.29, 1.82) is 0 Å². The first kappa shape index (κ1) is 13.8. The van der Waals surface area contributed by atoms with Crippen molar-refractivity contribution in [3.8, 4) is 0 Å². The van der Waals surface area contributed by atoms with Crippen LogP contribution in [0.1, 0.15) is 32.1 Å². The van der Waals surface area contributed by atoms with Crippen LogP contribution in [0.2, 0.25) is 0 Å². The van der Waals surface area contributed by atoms with Gasteiger partial charge in [-0.2, -0.15) is 0 Å². The molecule has 0 bridgehead atoms. The highest BCUT2D eigenvalue weighted by Crippen LogP contribution is 2.42. The van der Waals surface area contributed by atoms with Crippen LogP contribution in [0.25, 0.3) is 0 Å². The van der Waals surface area contributed by atoms with Crippen molar-refractivity contribution in [3.05, 3.63) is 28.4 Å². The lowest BCUT2D eigenvalue weighted by Crippen LogP contribution is -2.42. The molecule has 1 aromatic rings. The molecule has 1 aliphatic heterocycles. The predicted octanol–water partition coefficient (Wildman–Crippen LogP) is 2.21. The number of hydrogen-bond donors (Lipinski definition) is 1. The fourth-order valence-corrected chi connectivity index (χ4v) is 3.69. The van der Waals surface area contributed by atoms with E-state index >= 15 is 0 Å². The van der Waals surface area contributed by atoms with E-state index in [0.29, 0.717) is 18.0 Å². The quantitative estimate of drug-likeness (QED) is 0.677. The van der Waals surface area contributed by atoms with Crippen LogP contribution in [0, 0.1) is 16.0 Å². The Morgan fingerprint density at radius 1 is 1.38 bits per heavy atom. The zero-order valence-electron chi connectivity index (χ0n) is 11.5. The molecule has 2 aliphatic rings. The molecule has 0 aromatic carbocycles. The molecule has 0 spiro atoms. The molecule has 3 rings (SSSR count). The zero-order valence-corrected chi connectivity index (χ0v) is 11.5. The van der Waals surface area contributed by atoms with Gasteiger partial charge in [-0.25, -0.2) is 4.79 Å². The summed E-state index contributed by atoms with van der Waals surface area (Å²) in [7, 11) is 0. The number of rotatable bonds is 3. The number of carboxylic acid groups (broad SMARTS) is 1. The highest BCUT2D eigenvalue weighted by molar-refractivity contribution is 5.79. The second-order valence-electron chi connectivity index (χ2n) is 5.74. The van der Waals surface area contributed by atoms with Crippen molar-refractivity contribution in [2.24, 2.45) is 5.92 Å². The second-order valence-corrected chi connectivity index (χ2v) is 5.74. The van der Waals surface area contributed by atoms with E-state index in [-0.39, 0.29) is 11.9 Å². The first-order valence-corrected chi connectivity index (χ1v) is 7.19. The minimum Gasteiger partial charge on any atom is -0.480 e. The molecule has 1 N–H and O–H groups in total. The number of aromatic nitrogens is 1. The van der Waals surface area contributed by atoms with Crippen LogP contribution in [0.15, 0.2) is 18.3 Å². The summed E-state index contributed by atoms with van der Waals surface area (Å²) in [5, 5.41) is 20.1. The molecule has 3 unspecified atom stereocenters. The van der Waals surface area contributed by atoms with Crippen molar-refractivity contribution in [2.45, 2.75) is 44.2 Å². The molecule has 1 saturated carbocycles. The number of nitro groups is 1. The number of nitrogens with zero attached hydrogens (tertiary/aromatic N) is 3. The molecule has 1 aromatic heterocycles. The summed E-state index contributed by atoms with van der Waals surface area (Å²) in [5.41, 5.74) is 0.669. The molecular weight excluding hydrogens is 274 g/mol. The summed E-state index contributed by atoms with van der Waals surface area (Å²) in [6.45, 7) is 0. The maximum atomic E-state index is 11.5. The van der Waals surface area contributed by atoms with Gasteiger partial charge in [0.05, 0.1) is 5.69 Å². The molecule has 0 amide bonds. The van der Waals surface area contributed by atoms with E-state index in [9.17, 15) is 20.0 Å². The third-order valence-electron chi connectivity index (χ3n) is 4.59. The fraction of sp³-hybridized carbons (Fsp3) is 0.571.